The fraction of sp³-hybridized carbons (Fsp3) is 0.417. The SMILES string of the molecule is O=C(O)C(c1ccc(Cl)cc1Br)N1CCOCC1. The second kappa shape index (κ2) is 6.02. The highest BCUT2D eigenvalue weighted by Gasteiger charge is 2.30. The number of hydrogen-bond acceptors (Lipinski definition) is 3. The van der Waals surface area contributed by atoms with E-state index in [2.05, 4.69) is 15.9 Å². The van der Waals surface area contributed by atoms with Crippen molar-refractivity contribution < 1.29 is 14.6 Å². The quantitative estimate of drug-likeness (QED) is 0.923. The van der Waals surface area contributed by atoms with E-state index < -0.39 is 12.0 Å². The summed E-state index contributed by atoms with van der Waals surface area (Å²) in [5.41, 5.74) is 0.716. The lowest BCUT2D eigenvalue weighted by atomic mass is 10.1. The number of ether oxygens (including phenoxy) is 1. The smallest absolute Gasteiger partial charge is 0.325 e. The van der Waals surface area contributed by atoms with Crippen molar-refractivity contribution in [2.24, 2.45) is 0 Å². The van der Waals surface area contributed by atoms with Crippen molar-refractivity contribution >= 4 is 33.5 Å². The third-order valence-electron chi connectivity index (χ3n) is 2.90. The van der Waals surface area contributed by atoms with Crippen LogP contribution in [0.1, 0.15) is 11.6 Å². The van der Waals surface area contributed by atoms with Gasteiger partial charge in [0.2, 0.25) is 0 Å². The van der Waals surface area contributed by atoms with Gasteiger partial charge in [0.05, 0.1) is 13.2 Å². The van der Waals surface area contributed by atoms with Gasteiger partial charge in [-0.1, -0.05) is 33.6 Å². The zero-order chi connectivity index (χ0) is 13.1. The minimum absolute atomic E-state index is 0.564. The number of morpholine rings is 1. The van der Waals surface area contributed by atoms with Crippen LogP contribution in [0.3, 0.4) is 0 Å². The number of halogens is 2. The van der Waals surface area contributed by atoms with Gasteiger partial charge in [0.1, 0.15) is 6.04 Å². The second-order valence-corrected chi connectivity index (χ2v) is 5.35. The Morgan fingerprint density at radius 3 is 2.67 bits per heavy atom. The summed E-state index contributed by atoms with van der Waals surface area (Å²) in [6.07, 6.45) is 0. The highest BCUT2D eigenvalue weighted by Crippen LogP contribution is 2.30. The number of nitrogens with zero attached hydrogens (tertiary/aromatic N) is 1. The molecule has 0 saturated carbocycles. The van der Waals surface area contributed by atoms with E-state index in [9.17, 15) is 9.90 Å². The maximum Gasteiger partial charge on any atom is 0.325 e. The van der Waals surface area contributed by atoms with E-state index in [1.165, 1.54) is 0 Å². The Morgan fingerprint density at radius 1 is 1.44 bits per heavy atom. The molecule has 98 valence electrons. The fourth-order valence-corrected chi connectivity index (χ4v) is 2.94. The summed E-state index contributed by atoms with van der Waals surface area (Å²) in [5.74, 6) is -0.861. The minimum atomic E-state index is -0.861. The zero-order valence-corrected chi connectivity index (χ0v) is 11.9. The first-order valence-corrected chi connectivity index (χ1v) is 6.76. The first-order valence-electron chi connectivity index (χ1n) is 5.59. The Morgan fingerprint density at radius 2 is 2.11 bits per heavy atom. The van der Waals surface area contributed by atoms with Gasteiger partial charge in [0, 0.05) is 22.6 Å². The predicted octanol–water partition coefficient (Wildman–Crippen LogP) is 2.56. The van der Waals surface area contributed by atoms with Crippen LogP contribution in [0.25, 0.3) is 0 Å². The van der Waals surface area contributed by atoms with Crippen LogP contribution in [0.5, 0.6) is 0 Å². The van der Waals surface area contributed by atoms with Gasteiger partial charge < -0.3 is 9.84 Å². The van der Waals surface area contributed by atoms with Crippen LogP contribution in [0, 0.1) is 0 Å². The molecule has 1 unspecified atom stereocenters. The molecule has 1 aliphatic rings. The summed E-state index contributed by atoms with van der Waals surface area (Å²) in [7, 11) is 0. The largest absolute Gasteiger partial charge is 0.480 e. The topological polar surface area (TPSA) is 49.8 Å². The van der Waals surface area contributed by atoms with Crippen LogP contribution >= 0.6 is 27.5 Å². The van der Waals surface area contributed by atoms with Gasteiger partial charge in [0.25, 0.3) is 0 Å². The number of carbonyl (C=O) groups is 1. The molecule has 2 rings (SSSR count). The number of benzene rings is 1. The maximum absolute atomic E-state index is 11.5. The van der Waals surface area contributed by atoms with Crippen molar-refractivity contribution in [1.82, 2.24) is 4.90 Å². The van der Waals surface area contributed by atoms with Crippen LogP contribution in [-0.2, 0) is 9.53 Å². The van der Waals surface area contributed by atoms with Crippen molar-refractivity contribution in [3.63, 3.8) is 0 Å². The summed E-state index contributed by atoms with van der Waals surface area (Å²) in [5, 5.41) is 10.0. The number of hydrogen-bond donors (Lipinski definition) is 1. The zero-order valence-electron chi connectivity index (χ0n) is 9.60. The molecule has 1 heterocycles. The lowest BCUT2D eigenvalue weighted by Gasteiger charge is -2.32. The van der Waals surface area contributed by atoms with E-state index in [4.69, 9.17) is 16.3 Å². The van der Waals surface area contributed by atoms with E-state index in [1.54, 1.807) is 18.2 Å². The lowest BCUT2D eigenvalue weighted by Crippen LogP contribution is -2.42. The van der Waals surface area contributed by atoms with Crippen LogP contribution in [0.4, 0.5) is 0 Å². The second-order valence-electron chi connectivity index (χ2n) is 4.05. The van der Waals surface area contributed by atoms with Crippen LogP contribution < -0.4 is 0 Å². The molecule has 0 amide bonds. The molecule has 1 N–H and O–H groups in total. The highest BCUT2D eigenvalue weighted by molar-refractivity contribution is 9.10. The molecular weight excluding hydrogens is 321 g/mol. The Kier molecular flexibility index (Phi) is 4.61. The molecule has 1 fully saturated rings. The van der Waals surface area contributed by atoms with Crippen LogP contribution in [-0.4, -0.2) is 42.3 Å². The molecule has 0 aromatic heterocycles. The molecular formula is C12H13BrClNO3. The Bertz CT molecular complexity index is 449. The number of rotatable bonds is 3. The molecule has 1 aliphatic heterocycles. The first-order chi connectivity index (χ1) is 8.59. The van der Waals surface area contributed by atoms with Crippen molar-refractivity contribution in [2.75, 3.05) is 26.3 Å². The van der Waals surface area contributed by atoms with Crippen LogP contribution in [0.15, 0.2) is 22.7 Å². The molecule has 1 aromatic carbocycles. The standard InChI is InChI=1S/C12H13BrClNO3/c13-10-7-8(14)1-2-9(10)11(12(16)17)15-3-5-18-6-4-15/h1-2,7,11H,3-6H2,(H,16,17). The molecule has 0 aliphatic carbocycles. The molecule has 4 nitrogen and oxygen atoms in total. The number of aliphatic carboxylic acids is 1. The van der Waals surface area contributed by atoms with E-state index in [-0.39, 0.29) is 0 Å². The normalized spacial score (nSPS) is 18.6. The fourth-order valence-electron chi connectivity index (χ4n) is 2.04. The van der Waals surface area contributed by atoms with E-state index in [0.29, 0.717) is 41.4 Å². The first kappa shape index (κ1) is 13.8. The maximum atomic E-state index is 11.5. The third kappa shape index (κ3) is 3.03. The van der Waals surface area contributed by atoms with Crippen molar-refractivity contribution in [1.29, 1.82) is 0 Å². The van der Waals surface area contributed by atoms with Gasteiger partial charge in [-0.2, -0.15) is 0 Å². The van der Waals surface area contributed by atoms with E-state index in [0.717, 1.165) is 0 Å². The van der Waals surface area contributed by atoms with E-state index >= 15 is 0 Å². The monoisotopic (exact) mass is 333 g/mol. The summed E-state index contributed by atoms with van der Waals surface area (Å²) < 4.78 is 5.96. The molecule has 0 bridgehead atoms. The van der Waals surface area contributed by atoms with Gasteiger partial charge in [-0.25, -0.2) is 0 Å². The van der Waals surface area contributed by atoms with Crippen molar-refractivity contribution in [3.8, 4) is 0 Å². The van der Waals surface area contributed by atoms with Crippen molar-refractivity contribution in [3.05, 3.63) is 33.3 Å². The molecule has 18 heavy (non-hydrogen) atoms. The van der Waals surface area contributed by atoms with Gasteiger partial charge in [-0.05, 0) is 17.7 Å². The molecule has 1 saturated heterocycles. The highest BCUT2D eigenvalue weighted by atomic mass is 79.9. The van der Waals surface area contributed by atoms with Gasteiger partial charge in [0.15, 0.2) is 0 Å². The molecule has 6 heteroatoms. The Balaban J connectivity index is 2.31. The average Bonchev–Trinajstić information content (AvgIpc) is 2.33. The molecule has 0 spiro atoms. The van der Waals surface area contributed by atoms with Crippen molar-refractivity contribution in [2.45, 2.75) is 6.04 Å². The van der Waals surface area contributed by atoms with Gasteiger partial charge in [-0.3, -0.25) is 9.69 Å². The summed E-state index contributed by atoms with van der Waals surface area (Å²) >= 11 is 9.25. The number of carboxylic acids is 1. The lowest BCUT2D eigenvalue weighted by molar-refractivity contribution is -0.145. The number of carboxylic acid groups (broad SMARTS) is 1. The van der Waals surface area contributed by atoms with Gasteiger partial charge in [-0.15, -0.1) is 0 Å². The minimum Gasteiger partial charge on any atom is -0.480 e. The van der Waals surface area contributed by atoms with Gasteiger partial charge >= 0.3 is 5.97 Å². The molecule has 1 aromatic rings. The summed E-state index contributed by atoms with van der Waals surface area (Å²) in [4.78, 5) is 13.4. The third-order valence-corrected chi connectivity index (χ3v) is 3.82. The van der Waals surface area contributed by atoms with Crippen LogP contribution in [0.2, 0.25) is 5.02 Å². The predicted molar refractivity (Wildman–Crippen MR) is 71.9 cm³/mol. The average molecular weight is 335 g/mol. The Labute approximate surface area is 119 Å². The summed E-state index contributed by atoms with van der Waals surface area (Å²) in [6.45, 7) is 2.36. The summed E-state index contributed by atoms with van der Waals surface area (Å²) in [6, 6.07) is 4.51. The molecule has 1 atom stereocenters. The molecule has 0 radical (unpaired) electrons. The Hall–Kier alpha value is -0.620. The van der Waals surface area contributed by atoms with E-state index in [1.807, 2.05) is 4.90 Å².